The monoisotopic (exact) mass is 341 g/mol. The molecule has 0 amide bonds. The molecular weight excluding hydrogens is 326 g/mol. The zero-order valence-electron chi connectivity index (χ0n) is 14.0. The molecule has 0 aliphatic carbocycles. The lowest BCUT2D eigenvalue weighted by atomic mass is 10.2. The van der Waals surface area contributed by atoms with Crippen LogP contribution in [0.1, 0.15) is 0 Å². The lowest BCUT2D eigenvalue weighted by Gasteiger charge is -1.98. The van der Waals surface area contributed by atoms with Gasteiger partial charge < -0.3 is 4.98 Å². The molecular formula is C19H15N7. The summed E-state index contributed by atoms with van der Waals surface area (Å²) in [6.45, 7) is 0. The maximum absolute atomic E-state index is 4.71. The van der Waals surface area contributed by atoms with Crippen LogP contribution < -0.4 is 0 Å². The van der Waals surface area contributed by atoms with Gasteiger partial charge in [0.05, 0.1) is 17.4 Å². The summed E-state index contributed by atoms with van der Waals surface area (Å²) in [7, 11) is 1.89. The van der Waals surface area contributed by atoms with Crippen LogP contribution in [0, 0.1) is 0 Å². The molecule has 0 spiro atoms. The SMILES string of the molecule is Cn1nc(-c2cccnc2)c2[nH]c(-c3cnn(-c4ccccc4)c3)nc21. The van der Waals surface area contributed by atoms with Gasteiger partial charge in [-0.05, 0) is 24.3 Å². The second-order valence-electron chi connectivity index (χ2n) is 6.01. The largest absolute Gasteiger partial charge is 0.335 e. The first-order valence-corrected chi connectivity index (χ1v) is 8.23. The first-order chi connectivity index (χ1) is 12.8. The number of nitrogens with zero attached hydrogens (tertiary/aromatic N) is 6. The number of imidazole rings is 1. The molecule has 126 valence electrons. The van der Waals surface area contributed by atoms with Gasteiger partial charge in [0.15, 0.2) is 5.65 Å². The minimum Gasteiger partial charge on any atom is -0.335 e. The third-order valence-electron chi connectivity index (χ3n) is 4.29. The van der Waals surface area contributed by atoms with E-state index >= 15 is 0 Å². The van der Waals surface area contributed by atoms with Gasteiger partial charge >= 0.3 is 0 Å². The number of aromatic amines is 1. The van der Waals surface area contributed by atoms with E-state index in [2.05, 4.69) is 20.2 Å². The van der Waals surface area contributed by atoms with Gasteiger partial charge in [0.1, 0.15) is 17.0 Å². The number of benzene rings is 1. The Kier molecular flexibility index (Phi) is 3.18. The highest BCUT2D eigenvalue weighted by Crippen LogP contribution is 2.28. The molecule has 0 fully saturated rings. The lowest BCUT2D eigenvalue weighted by Crippen LogP contribution is -1.93. The predicted molar refractivity (Wildman–Crippen MR) is 98.6 cm³/mol. The van der Waals surface area contributed by atoms with Crippen LogP contribution in [0.25, 0.3) is 39.5 Å². The molecule has 1 N–H and O–H groups in total. The number of rotatable bonds is 3. The number of H-pyrrole nitrogens is 1. The molecule has 4 aromatic heterocycles. The summed E-state index contributed by atoms with van der Waals surface area (Å²) in [4.78, 5) is 12.3. The van der Waals surface area contributed by atoms with Gasteiger partial charge in [-0.15, -0.1) is 0 Å². The Morgan fingerprint density at radius 3 is 2.65 bits per heavy atom. The summed E-state index contributed by atoms with van der Waals surface area (Å²) in [5.41, 5.74) is 5.40. The van der Waals surface area contributed by atoms with E-state index in [4.69, 9.17) is 4.98 Å². The topological polar surface area (TPSA) is 77.2 Å². The molecule has 4 heterocycles. The maximum atomic E-state index is 4.71. The third-order valence-corrected chi connectivity index (χ3v) is 4.29. The minimum atomic E-state index is 0.764. The van der Waals surface area contributed by atoms with Crippen LogP contribution in [0.4, 0.5) is 0 Å². The van der Waals surface area contributed by atoms with Crippen LogP contribution in [0.3, 0.4) is 0 Å². The maximum Gasteiger partial charge on any atom is 0.177 e. The Balaban J connectivity index is 1.60. The van der Waals surface area contributed by atoms with Crippen LogP contribution in [0.15, 0.2) is 67.3 Å². The van der Waals surface area contributed by atoms with Crippen molar-refractivity contribution < 1.29 is 0 Å². The van der Waals surface area contributed by atoms with Crippen molar-refractivity contribution in [2.45, 2.75) is 0 Å². The van der Waals surface area contributed by atoms with E-state index in [9.17, 15) is 0 Å². The molecule has 0 aliphatic rings. The average Bonchev–Trinajstić information content (AvgIpc) is 3.39. The molecule has 0 saturated carbocycles. The fraction of sp³-hybridized carbons (Fsp3) is 0.0526. The first-order valence-electron chi connectivity index (χ1n) is 8.23. The molecule has 0 aliphatic heterocycles. The van der Waals surface area contributed by atoms with Gasteiger partial charge in [0.2, 0.25) is 0 Å². The molecule has 26 heavy (non-hydrogen) atoms. The Morgan fingerprint density at radius 1 is 0.962 bits per heavy atom. The van der Waals surface area contributed by atoms with Crippen LogP contribution in [-0.4, -0.2) is 34.5 Å². The molecule has 7 nitrogen and oxygen atoms in total. The standard InChI is InChI=1S/C19H15N7/c1-25-19-17(16(24-25)13-6-5-9-20-10-13)22-18(23-19)14-11-21-26(12-14)15-7-3-2-4-8-15/h2-12H,1H3,(H,22,23). The molecule has 0 saturated heterocycles. The van der Waals surface area contributed by atoms with E-state index in [0.29, 0.717) is 0 Å². The second-order valence-corrected chi connectivity index (χ2v) is 6.01. The lowest BCUT2D eigenvalue weighted by molar-refractivity contribution is 0.790. The number of para-hydroxylation sites is 1. The fourth-order valence-corrected chi connectivity index (χ4v) is 3.02. The summed E-state index contributed by atoms with van der Waals surface area (Å²) >= 11 is 0. The number of hydrogen-bond donors (Lipinski definition) is 1. The Morgan fingerprint density at radius 2 is 1.85 bits per heavy atom. The van der Waals surface area contributed by atoms with E-state index < -0.39 is 0 Å². The second kappa shape index (κ2) is 5.66. The van der Waals surface area contributed by atoms with Crippen molar-refractivity contribution in [1.82, 2.24) is 34.5 Å². The number of aromatic nitrogens is 7. The fourth-order valence-electron chi connectivity index (χ4n) is 3.02. The van der Waals surface area contributed by atoms with Crippen molar-refractivity contribution in [2.24, 2.45) is 7.05 Å². The number of aryl methyl sites for hydroxylation is 1. The highest BCUT2D eigenvalue weighted by Gasteiger charge is 2.17. The molecule has 5 aromatic rings. The third kappa shape index (κ3) is 2.29. The van der Waals surface area contributed by atoms with Crippen molar-refractivity contribution in [2.75, 3.05) is 0 Å². The number of fused-ring (bicyclic) bond motifs is 1. The smallest absolute Gasteiger partial charge is 0.177 e. The quantitative estimate of drug-likeness (QED) is 0.547. The van der Waals surface area contributed by atoms with Gasteiger partial charge in [-0.3, -0.25) is 4.98 Å². The van der Waals surface area contributed by atoms with E-state index in [-0.39, 0.29) is 0 Å². The minimum absolute atomic E-state index is 0.764. The normalized spacial score (nSPS) is 11.3. The molecule has 1 aromatic carbocycles. The van der Waals surface area contributed by atoms with Crippen LogP contribution >= 0.6 is 0 Å². The van der Waals surface area contributed by atoms with Crippen molar-refractivity contribution in [3.8, 4) is 28.3 Å². The van der Waals surface area contributed by atoms with Gasteiger partial charge in [0, 0.05) is 31.2 Å². The predicted octanol–water partition coefficient (Wildman–Crippen LogP) is 3.21. The summed E-state index contributed by atoms with van der Waals surface area (Å²) in [6, 6.07) is 13.9. The van der Waals surface area contributed by atoms with Gasteiger partial charge in [-0.1, -0.05) is 18.2 Å². The molecule has 7 heteroatoms. The highest BCUT2D eigenvalue weighted by molar-refractivity contribution is 5.90. The zero-order valence-corrected chi connectivity index (χ0v) is 14.0. The average molecular weight is 341 g/mol. The number of nitrogens with one attached hydrogen (secondary N) is 1. The summed E-state index contributed by atoms with van der Waals surface area (Å²) in [6.07, 6.45) is 7.32. The highest BCUT2D eigenvalue weighted by atomic mass is 15.3. The number of hydrogen-bond acceptors (Lipinski definition) is 4. The summed E-state index contributed by atoms with van der Waals surface area (Å²) < 4.78 is 3.61. The van der Waals surface area contributed by atoms with E-state index in [1.807, 2.05) is 66.6 Å². The van der Waals surface area contributed by atoms with Crippen molar-refractivity contribution in [3.05, 3.63) is 67.3 Å². The molecule has 0 radical (unpaired) electrons. The van der Waals surface area contributed by atoms with Crippen molar-refractivity contribution in [1.29, 1.82) is 0 Å². The van der Waals surface area contributed by atoms with Crippen LogP contribution in [0.2, 0.25) is 0 Å². The zero-order chi connectivity index (χ0) is 17.5. The molecule has 0 bridgehead atoms. The Bertz CT molecular complexity index is 1180. The van der Waals surface area contributed by atoms with Gasteiger partial charge in [-0.25, -0.2) is 14.3 Å². The van der Waals surface area contributed by atoms with E-state index in [1.54, 1.807) is 17.1 Å². The summed E-state index contributed by atoms with van der Waals surface area (Å²) in [5, 5.41) is 9.01. The van der Waals surface area contributed by atoms with Crippen LogP contribution in [-0.2, 0) is 7.05 Å². The van der Waals surface area contributed by atoms with E-state index in [0.717, 1.165) is 39.5 Å². The molecule has 0 unspecified atom stereocenters. The van der Waals surface area contributed by atoms with Crippen molar-refractivity contribution >= 4 is 11.2 Å². The van der Waals surface area contributed by atoms with Crippen LogP contribution in [0.5, 0.6) is 0 Å². The number of pyridine rings is 1. The molecule has 0 atom stereocenters. The Labute approximate surface area is 149 Å². The van der Waals surface area contributed by atoms with Gasteiger partial charge in [-0.2, -0.15) is 10.2 Å². The summed E-state index contributed by atoms with van der Waals surface area (Å²) in [5.74, 6) is 0.764. The van der Waals surface area contributed by atoms with Gasteiger partial charge in [0.25, 0.3) is 0 Å². The molecule has 5 rings (SSSR count). The van der Waals surface area contributed by atoms with Crippen molar-refractivity contribution in [3.63, 3.8) is 0 Å². The Hall–Kier alpha value is -3.74. The van der Waals surface area contributed by atoms with E-state index in [1.165, 1.54) is 0 Å². The first kappa shape index (κ1) is 14.6.